The highest BCUT2D eigenvalue weighted by Gasteiger charge is 2.09. The average Bonchev–Trinajstić information content (AvgIpc) is 2.13. The molecule has 0 N–H and O–H groups in total. The third-order valence-corrected chi connectivity index (χ3v) is 4.46. The van der Waals surface area contributed by atoms with Crippen LogP contribution in [0, 0.1) is 0 Å². The quantitative estimate of drug-likeness (QED) is 0.452. The van der Waals surface area contributed by atoms with E-state index in [1.807, 2.05) is 0 Å². The van der Waals surface area contributed by atoms with Crippen molar-refractivity contribution in [3.05, 3.63) is 0 Å². The Kier molecular flexibility index (Phi) is 7.86. The Bertz CT molecular complexity index is 78.5. The molecule has 0 bridgehead atoms. The van der Waals surface area contributed by atoms with E-state index in [0.717, 1.165) is 12.0 Å². The minimum absolute atomic E-state index is 0.0530. The van der Waals surface area contributed by atoms with Gasteiger partial charge in [0.05, 0.1) is 0 Å². The van der Waals surface area contributed by atoms with Gasteiger partial charge in [-0.1, -0.05) is 33.6 Å². The van der Waals surface area contributed by atoms with Gasteiger partial charge in [0.2, 0.25) is 0 Å². The van der Waals surface area contributed by atoms with Crippen LogP contribution in [0.4, 0.5) is 0 Å². The van der Waals surface area contributed by atoms with Crippen LogP contribution in [0.5, 0.6) is 0 Å². The molecule has 0 aromatic rings. The molecule has 0 aromatic carbocycles. The van der Waals surface area contributed by atoms with Crippen molar-refractivity contribution >= 4 is 9.76 Å². The van der Waals surface area contributed by atoms with Gasteiger partial charge in [-0.3, -0.25) is 0 Å². The predicted molar refractivity (Wildman–Crippen MR) is 55.0 cm³/mol. The summed E-state index contributed by atoms with van der Waals surface area (Å²) in [5.41, 5.74) is 0.828. The molecule has 12 heavy (non-hydrogen) atoms. The third-order valence-electron chi connectivity index (χ3n) is 2.27. The molecule has 0 amide bonds. The van der Waals surface area contributed by atoms with Gasteiger partial charge >= 0.3 is 0 Å². The minimum Gasteiger partial charge on any atom is -0.399 e. The van der Waals surface area contributed by atoms with Gasteiger partial charge < -0.3 is 9.16 Å². The molecule has 1 atom stereocenters. The van der Waals surface area contributed by atoms with Crippen LogP contribution in [0.2, 0.25) is 5.54 Å². The van der Waals surface area contributed by atoms with E-state index in [-0.39, 0.29) is 16.1 Å². The van der Waals surface area contributed by atoms with Gasteiger partial charge in [0.15, 0.2) is 9.76 Å². The zero-order chi connectivity index (χ0) is 9.40. The normalized spacial score (nSPS) is 14.8. The van der Waals surface area contributed by atoms with Crippen LogP contribution in [0.1, 0.15) is 40.0 Å². The fraction of sp³-hybridized carbons (Fsp3) is 1.00. The third kappa shape index (κ3) is 4.90. The monoisotopic (exact) mass is 190 g/mol. The van der Waals surface area contributed by atoms with E-state index < -0.39 is 0 Å². The molecule has 0 spiro atoms. The lowest BCUT2D eigenvalue weighted by atomic mass is 10.3. The van der Waals surface area contributed by atoms with Crippen molar-refractivity contribution in [3.8, 4) is 0 Å². The molecule has 0 saturated carbocycles. The molecule has 2 nitrogen and oxygen atoms in total. The van der Waals surface area contributed by atoms with Crippen molar-refractivity contribution < 1.29 is 9.16 Å². The van der Waals surface area contributed by atoms with Crippen molar-refractivity contribution in [3.63, 3.8) is 0 Å². The molecule has 3 heteroatoms. The first-order valence-electron chi connectivity index (χ1n) is 4.92. The Labute approximate surface area is 78.6 Å². The van der Waals surface area contributed by atoms with E-state index in [1.165, 1.54) is 12.8 Å². The standard InChI is InChI=1S/C9H22O2Si/c1-5-8(6-2)12-11-9(7-3)10-4/h8-9H,5-7,12H2,1-4H3. The molecular formula is C9H22O2Si. The smallest absolute Gasteiger partial charge is 0.168 e. The summed E-state index contributed by atoms with van der Waals surface area (Å²) in [6.07, 6.45) is 3.52. The summed E-state index contributed by atoms with van der Waals surface area (Å²) in [4.78, 5) is 0. The van der Waals surface area contributed by atoms with Gasteiger partial charge in [-0.05, 0) is 12.0 Å². The molecule has 0 rings (SSSR count). The summed E-state index contributed by atoms with van der Waals surface area (Å²) in [7, 11) is 1.35. The van der Waals surface area contributed by atoms with Gasteiger partial charge in [0.25, 0.3) is 0 Å². The van der Waals surface area contributed by atoms with Crippen LogP contribution in [0.25, 0.3) is 0 Å². The molecule has 1 unspecified atom stereocenters. The van der Waals surface area contributed by atoms with Crippen LogP contribution in [-0.2, 0) is 9.16 Å². The topological polar surface area (TPSA) is 18.5 Å². The number of hydrogen-bond acceptors (Lipinski definition) is 2. The summed E-state index contributed by atoms with van der Waals surface area (Å²) in [5, 5.41) is 0. The van der Waals surface area contributed by atoms with E-state index in [4.69, 9.17) is 9.16 Å². The van der Waals surface area contributed by atoms with E-state index in [9.17, 15) is 0 Å². The fourth-order valence-corrected chi connectivity index (χ4v) is 2.45. The van der Waals surface area contributed by atoms with Crippen molar-refractivity contribution in [1.82, 2.24) is 0 Å². The average molecular weight is 190 g/mol. The lowest BCUT2D eigenvalue weighted by Crippen LogP contribution is -2.19. The highest BCUT2D eigenvalue weighted by Crippen LogP contribution is 2.14. The second kappa shape index (κ2) is 7.77. The highest BCUT2D eigenvalue weighted by molar-refractivity contribution is 6.29. The first kappa shape index (κ1) is 12.1. The number of hydrogen-bond donors (Lipinski definition) is 0. The van der Waals surface area contributed by atoms with Crippen LogP contribution in [0.15, 0.2) is 0 Å². The van der Waals surface area contributed by atoms with Gasteiger partial charge in [-0.25, -0.2) is 0 Å². The maximum atomic E-state index is 5.70. The van der Waals surface area contributed by atoms with E-state index in [0.29, 0.717) is 0 Å². The Morgan fingerprint density at radius 2 is 1.67 bits per heavy atom. The SMILES string of the molecule is CCC(OC)O[SiH2]C(CC)CC. The van der Waals surface area contributed by atoms with E-state index in [1.54, 1.807) is 7.11 Å². The second-order valence-corrected chi connectivity index (χ2v) is 4.91. The lowest BCUT2D eigenvalue weighted by molar-refractivity contribution is -0.0549. The number of rotatable bonds is 7. The molecule has 0 radical (unpaired) electrons. The van der Waals surface area contributed by atoms with Crippen molar-refractivity contribution in [2.45, 2.75) is 51.9 Å². The Balaban J connectivity index is 3.49. The minimum atomic E-state index is -0.369. The largest absolute Gasteiger partial charge is 0.399 e. The molecular weight excluding hydrogens is 168 g/mol. The summed E-state index contributed by atoms with van der Waals surface area (Å²) in [6.45, 7) is 6.56. The lowest BCUT2D eigenvalue weighted by Gasteiger charge is -2.18. The molecule has 0 saturated heterocycles. The van der Waals surface area contributed by atoms with Gasteiger partial charge in [-0.15, -0.1) is 0 Å². The summed E-state index contributed by atoms with van der Waals surface area (Å²) in [5.74, 6) is 0. The molecule has 0 aromatic heterocycles. The van der Waals surface area contributed by atoms with Crippen molar-refractivity contribution in [2.24, 2.45) is 0 Å². The molecule has 0 fully saturated rings. The second-order valence-electron chi connectivity index (χ2n) is 3.09. The van der Waals surface area contributed by atoms with Crippen LogP contribution >= 0.6 is 0 Å². The van der Waals surface area contributed by atoms with Crippen LogP contribution < -0.4 is 0 Å². The maximum absolute atomic E-state index is 5.70. The molecule has 74 valence electrons. The zero-order valence-corrected chi connectivity index (χ0v) is 10.2. The van der Waals surface area contributed by atoms with Crippen LogP contribution in [0.3, 0.4) is 0 Å². The summed E-state index contributed by atoms with van der Waals surface area (Å²) >= 11 is 0. The van der Waals surface area contributed by atoms with Crippen LogP contribution in [-0.4, -0.2) is 23.2 Å². The zero-order valence-electron chi connectivity index (χ0n) is 8.80. The maximum Gasteiger partial charge on any atom is 0.168 e. The van der Waals surface area contributed by atoms with Gasteiger partial charge in [0.1, 0.15) is 6.29 Å². The Morgan fingerprint density at radius 3 is 2.00 bits per heavy atom. The van der Waals surface area contributed by atoms with Crippen molar-refractivity contribution in [2.75, 3.05) is 7.11 Å². The Morgan fingerprint density at radius 1 is 1.08 bits per heavy atom. The molecule has 0 heterocycles. The molecule has 0 aliphatic carbocycles. The predicted octanol–water partition coefficient (Wildman–Crippen LogP) is 2.08. The van der Waals surface area contributed by atoms with E-state index >= 15 is 0 Å². The summed E-state index contributed by atoms with van der Waals surface area (Å²) < 4.78 is 10.9. The molecule has 0 aliphatic rings. The molecule has 0 aliphatic heterocycles. The fourth-order valence-electron chi connectivity index (χ4n) is 1.12. The van der Waals surface area contributed by atoms with E-state index in [2.05, 4.69) is 20.8 Å². The first-order valence-corrected chi connectivity index (χ1v) is 6.32. The number of ether oxygens (including phenoxy) is 1. The van der Waals surface area contributed by atoms with Crippen molar-refractivity contribution in [1.29, 1.82) is 0 Å². The summed E-state index contributed by atoms with van der Waals surface area (Å²) in [6, 6.07) is 0. The Hall–Kier alpha value is 0.137. The van der Waals surface area contributed by atoms with Gasteiger partial charge in [0, 0.05) is 7.11 Å². The number of methoxy groups -OCH3 is 1. The van der Waals surface area contributed by atoms with Gasteiger partial charge in [-0.2, -0.15) is 0 Å². The highest BCUT2D eigenvalue weighted by atomic mass is 28.2. The first-order chi connectivity index (χ1) is 5.78.